The van der Waals surface area contributed by atoms with Crippen LogP contribution in [0.25, 0.3) is 0 Å². The summed E-state index contributed by atoms with van der Waals surface area (Å²) >= 11 is 7.20. The second kappa shape index (κ2) is 10.1. The third-order valence-electron chi connectivity index (χ3n) is 5.74. The number of carbonyl (C=O) groups is 3. The number of aromatic nitrogens is 2. The van der Waals surface area contributed by atoms with Gasteiger partial charge in [-0.3, -0.25) is 14.4 Å². The molecule has 1 fully saturated rings. The topological polar surface area (TPSA) is 120 Å². The van der Waals surface area contributed by atoms with Crippen LogP contribution in [-0.2, 0) is 22.6 Å². The lowest BCUT2D eigenvalue weighted by molar-refractivity contribution is -0.136. The fourth-order valence-corrected chi connectivity index (χ4v) is 5.14. The van der Waals surface area contributed by atoms with Crippen LogP contribution in [0.1, 0.15) is 26.8 Å². The van der Waals surface area contributed by atoms with Gasteiger partial charge in [-0.05, 0) is 39.2 Å². The van der Waals surface area contributed by atoms with Crippen LogP contribution in [0.15, 0.2) is 18.3 Å². The number of fused-ring (bicyclic) bond motifs is 1. The number of hydrogen-bond donors (Lipinski definition) is 3. The van der Waals surface area contributed by atoms with E-state index in [-0.39, 0.29) is 23.8 Å². The lowest BCUT2D eigenvalue weighted by Gasteiger charge is -2.37. The molecular formula is C21H26ClN7O3S. The minimum Gasteiger partial charge on any atom is -0.344 e. The molecule has 2 atom stereocenters. The summed E-state index contributed by atoms with van der Waals surface area (Å²) in [5.41, 5.74) is 0.987. The Bertz CT molecular complexity index is 1040. The Morgan fingerprint density at radius 1 is 1.09 bits per heavy atom. The van der Waals surface area contributed by atoms with E-state index in [9.17, 15) is 14.4 Å². The number of rotatable bonds is 4. The van der Waals surface area contributed by atoms with Crippen LogP contribution >= 0.6 is 22.9 Å². The van der Waals surface area contributed by atoms with E-state index in [1.807, 2.05) is 14.1 Å². The van der Waals surface area contributed by atoms with Crippen molar-refractivity contribution in [3.05, 3.63) is 38.9 Å². The first-order valence-corrected chi connectivity index (χ1v) is 11.9. The molecule has 0 saturated carbocycles. The minimum absolute atomic E-state index is 0.228. The van der Waals surface area contributed by atoms with E-state index >= 15 is 0 Å². The lowest BCUT2D eigenvalue weighted by atomic mass is 9.99. The van der Waals surface area contributed by atoms with Crippen molar-refractivity contribution in [3.8, 4) is 0 Å². The van der Waals surface area contributed by atoms with Crippen LogP contribution in [0, 0.1) is 0 Å². The monoisotopic (exact) mass is 491 g/mol. The molecule has 0 spiro atoms. The lowest BCUT2D eigenvalue weighted by Crippen LogP contribution is -2.60. The molecule has 0 aliphatic carbocycles. The van der Waals surface area contributed by atoms with Gasteiger partial charge in [0.25, 0.3) is 5.91 Å². The summed E-state index contributed by atoms with van der Waals surface area (Å²) in [4.78, 5) is 51.7. The van der Waals surface area contributed by atoms with Crippen LogP contribution in [0.3, 0.4) is 0 Å². The van der Waals surface area contributed by atoms with Crippen molar-refractivity contribution in [2.75, 3.05) is 39.0 Å². The Morgan fingerprint density at radius 3 is 2.67 bits per heavy atom. The summed E-state index contributed by atoms with van der Waals surface area (Å²) in [6.45, 7) is 3.00. The fourth-order valence-electron chi connectivity index (χ4n) is 3.94. The van der Waals surface area contributed by atoms with Gasteiger partial charge in [0.1, 0.15) is 5.82 Å². The zero-order chi connectivity index (χ0) is 23.5. The van der Waals surface area contributed by atoms with E-state index < -0.39 is 11.8 Å². The number of hydrogen-bond acceptors (Lipinski definition) is 8. The van der Waals surface area contributed by atoms with Crippen molar-refractivity contribution in [3.63, 3.8) is 0 Å². The first kappa shape index (κ1) is 23.6. The molecule has 4 heterocycles. The van der Waals surface area contributed by atoms with Gasteiger partial charge in [-0.15, -0.1) is 11.3 Å². The highest BCUT2D eigenvalue weighted by Crippen LogP contribution is 2.24. The van der Waals surface area contributed by atoms with E-state index in [0.29, 0.717) is 23.0 Å². The highest BCUT2D eigenvalue weighted by atomic mass is 35.5. The molecule has 3 amide bonds. The third kappa shape index (κ3) is 5.85. The first-order valence-electron chi connectivity index (χ1n) is 10.7. The van der Waals surface area contributed by atoms with Gasteiger partial charge in [0.2, 0.25) is 0 Å². The van der Waals surface area contributed by atoms with E-state index in [4.69, 9.17) is 11.6 Å². The van der Waals surface area contributed by atoms with Crippen LogP contribution in [-0.4, -0.2) is 83.3 Å². The molecule has 2 aromatic rings. The van der Waals surface area contributed by atoms with E-state index in [1.54, 1.807) is 6.07 Å². The van der Waals surface area contributed by atoms with Gasteiger partial charge in [0.15, 0.2) is 5.01 Å². The van der Waals surface area contributed by atoms with Crippen molar-refractivity contribution in [1.82, 2.24) is 30.4 Å². The van der Waals surface area contributed by atoms with Gasteiger partial charge in [0, 0.05) is 37.1 Å². The Kier molecular flexibility index (Phi) is 7.23. The second-order valence-electron chi connectivity index (χ2n) is 8.40. The molecule has 4 rings (SSSR count). The van der Waals surface area contributed by atoms with Crippen LogP contribution in [0.5, 0.6) is 0 Å². The summed E-state index contributed by atoms with van der Waals surface area (Å²) in [6.07, 6.45) is 2.81. The van der Waals surface area contributed by atoms with Crippen molar-refractivity contribution in [1.29, 1.82) is 0 Å². The summed E-state index contributed by atoms with van der Waals surface area (Å²) < 4.78 is 0. The molecule has 176 valence electrons. The van der Waals surface area contributed by atoms with Crippen LogP contribution < -0.4 is 16.0 Å². The minimum atomic E-state index is -0.828. The van der Waals surface area contributed by atoms with Gasteiger partial charge in [-0.1, -0.05) is 11.6 Å². The molecule has 1 saturated heterocycles. The number of likely N-dealkylation sites (tertiary alicyclic amines) is 1. The number of pyridine rings is 1. The van der Waals surface area contributed by atoms with Crippen LogP contribution in [0.2, 0.25) is 5.02 Å². The largest absolute Gasteiger partial charge is 0.344 e. The van der Waals surface area contributed by atoms with Crippen LogP contribution in [0.4, 0.5) is 5.82 Å². The molecule has 0 aromatic carbocycles. The molecule has 2 aromatic heterocycles. The number of thiazole rings is 1. The van der Waals surface area contributed by atoms with E-state index in [0.717, 1.165) is 36.6 Å². The quantitative estimate of drug-likeness (QED) is 0.539. The normalized spacial score (nSPS) is 21.2. The number of anilines is 1. The van der Waals surface area contributed by atoms with Gasteiger partial charge in [0.05, 0.1) is 22.8 Å². The Balaban J connectivity index is 1.39. The van der Waals surface area contributed by atoms with Crippen molar-refractivity contribution >= 4 is 46.5 Å². The molecule has 33 heavy (non-hydrogen) atoms. The van der Waals surface area contributed by atoms with Gasteiger partial charge in [-0.2, -0.15) is 0 Å². The maximum absolute atomic E-state index is 12.9. The number of carbonyl (C=O) groups excluding carboxylic acids is 3. The maximum Gasteiger partial charge on any atom is 0.314 e. The number of nitrogens with one attached hydrogen (secondary N) is 3. The highest BCUT2D eigenvalue weighted by molar-refractivity contribution is 7.13. The number of nitrogens with zero attached hydrogens (tertiary/aromatic N) is 4. The van der Waals surface area contributed by atoms with Gasteiger partial charge < -0.3 is 25.8 Å². The standard InChI is InChI=1S/C21H26ClN7O3S/c1-28-7-5-13(24-18(30)19(31)27-17-4-3-12(22)9-23-17)15(10-28)25-20(32)21-26-14-6-8-29(2)11-16(14)33-21/h3-4,9,13,15H,5-8,10-11H2,1-2H3,(H,24,30)(H,25,32)(H,23,27,31)/t13-,15+/m0/s1. The van der Waals surface area contributed by atoms with Gasteiger partial charge in [-0.25, -0.2) is 9.97 Å². The van der Waals surface area contributed by atoms with E-state index in [2.05, 4.69) is 35.7 Å². The summed E-state index contributed by atoms with van der Waals surface area (Å²) in [6, 6.07) is 2.34. The van der Waals surface area contributed by atoms with Crippen molar-refractivity contribution < 1.29 is 14.4 Å². The number of halogens is 1. The number of piperidine rings is 1. The van der Waals surface area contributed by atoms with Crippen molar-refractivity contribution in [2.45, 2.75) is 31.5 Å². The Hall–Kier alpha value is -2.60. The summed E-state index contributed by atoms with van der Waals surface area (Å²) in [7, 11) is 4.00. The zero-order valence-corrected chi connectivity index (χ0v) is 20.0. The molecule has 10 nitrogen and oxygen atoms in total. The average molecular weight is 492 g/mol. The Morgan fingerprint density at radius 2 is 1.91 bits per heavy atom. The predicted molar refractivity (Wildman–Crippen MR) is 125 cm³/mol. The molecule has 12 heteroatoms. The summed E-state index contributed by atoms with van der Waals surface area (Å²) in [5.74, 6) is -1.64. The molecule has 0 bridgehead atoms. The molecule has 2 aliphatic rings. The van der Waals surface area contributed by atoms with Gasteiger partial charge >= 0.3 is 11.8 Å². The maximum atomic E-state index is 12.9. The number of amides is 3. The SMILES string of the molecule is CN1CCc2nc(C(=O)N[C@@H]3CN(C)CC[C@@H]3NC(=O)C(=O)Nc3ccc(Cl)cn3)sc2C1. The molecule has 0 unspecified atom stereocenters. The first-order chi connectivity index (χ1) is 15.8. The smallest absolute Gasteiger partial charge is 0.314 e. The molecule has 3 N–H and O–H groups in total. The third-order valence-corrected chi connectivity index (χ3v) is 7.05. The Labute approximate surface area is 200 Å². The zero-order valence-electron chi connectivity index (χ0n) is 18.4. The van der Waals surface area contributed by atoms with E-state index in [1.165, 1.54) is 23.6 Å². The number of likely N-dealkylation sites (N-methyl/N-ethyl adjacent to an activating group) is 2. The molecule has 2 aliphatic heterocycles. The predicted octanol–water partition coefficient (Wildman–Crippen LogP) is 0.737. The summed E-state index contributed by atoms with van der Waals surface area (Å²) in [5, 5.41) is 9.09. The second-order valence-corrected chi connectivity index (χ2v) is 9.92. The fraction of sp³-hybridized carbons (Fsp3) is 0.476. The highest BCUT2D eigenvalue weighted by Gasteiger charge is 2.33. The van der Waals surface area contributed by atoms with Crippen molar-refractivity contribution in [2.24, 2.45) is 0 Å². The molecule has 0 radical (unpaired) electrons. The molecular weight excluding hydrogens is 466 g/mol. The average Bonchev–Trinajstić information content (AvgIpc) is 3.20.